The van der Waals surface area contributed by atoms with Crippen LogP contribution in [0.25, 0.3) is 0 Å². The quantitative estimate of drug-likeness (QED) is 0.834. The van der Waals surface area contributed by atoms with E-state index >= 15 is 0 Å². The van der Waals surface area contributed by atoms with Crippen molar-refractivity contribution in [1.29, 1.82) is 0 Å². The van der Waals surface area contributed by atoms with Crippen molar-refractivity contribution in [2.75, 3.05) is 11.9 Å². The topological polar surface area (TPSA) is 95.2 Å². The molecule has 7 heteroatoms. The molecule has 3 rings (SSSR count). The van der Waals surface area contributed by atoms with Crippen molar-refractivity contribution in [3.05, 3.63) is 46.8 Å². The first-order valence-corrected chi connectivity index (χ1v) is 6.75. The molecular weight excluding hydrogens is 284 g/mol. The van der Waals surface area contributed by atoms with E-state index in [-0.39, 0.29) is 6.54 Å². The number of fused-ring (bicyclic) bond motifs is 1. The molecule has 2 heterocycles. The van der Waals surface area contributed by atoms with Gasteiger partial charge in [-0.1, -0.05) is 12.1 Å². The van der Waals surface area contributed by atoms with Gasteiger partial charge >= 0.3 is 0 Å². The summed E-state index contributed by atoms with van der Waals surface area (Å²) in [6.07, 6.45) is 0. The number of hydrogen-bond acceptors (Lipinski definition) is 4. The minimum atomic E-state index is -0.448. The first kappa shape index (κ1) is 14.0. The van der Waals surface area contributed by atoms with Crippen LogP contribution in [0.1, 0.15) is 32.1 Å². The summed E-state index contributed by atoms with van der Waals surface area (Å²) in [6.45, 7) is 3.20. The number of aromatic nitrogens is 2. The van der Waals surface area contributed by atoms with Gasteiger partial charge in [-0.15, -0.1) is 0 Å². The number of nitrogens with one attached hydrogen (secondary N) is 2. The Morgan fingerprint density at radius 2 is 1.77 bits per heavy atom. The highest BCUT2D eigenvalue weighted by Gasteiger charge is 2.36. The van der Waals surface area contributed by atoms with Gasteiger partial charge in [-0.25, -0.2) is 0 Å². The Labute approximate surface area is 126 Å². The minimum Gasteiger partial charge on any atom is -0.321 e. The van der Waals surface area contributed by atoms with Gasteiger partial charge in [0.05, 0.1) is 28.2 Å². The third-order valence-electron chi connectivity index (χ3n) is 3.57. The molecule has 0 spiro atoms. The molecule has 1 aliphatic rings. The van der Waals surface area contributed by atoms with E-state index in [9.17, 15) is 14.4 Å². The molecule has 0 aliphatic carbocycles. The zero-order valence-electron chi connectivity index (χ0n) is 12.1. The SMILES string of the molecule is Cc1n[nH]c(C)c1NC(=O)CN1C(=O)c2ccccc2C1=O. The lowest BCUT2D eigenvalue weighted by Crippen LogP contribution is -2.37. The highest BCUT2D eigenvalue weighted by molar-refractivity contribution is 6.22. The molecule has 0 unspecified atom stereocenters. The molecule has 2 N–H and O–H groups in total. The fraction of sp³-hybridized carbons (Fsp3) is 0.200. The lowest BCUT2D eigenvalue weighted by molar-refractivity contribution is -0.116. The van der Waals surface area contributed by atoms with Crippen molar-refractivity contribution in [3.8, 4) is 0 Å². The predicted molar refractivity (Wildman–Crippen MR) is 78.5 cm³/mol. The van der Waals surface area contributed by atoms with Crippen LogP contribution in [0.3, 0.4) is 0 Å². The van der Waals surface area contributed by atoms with Gasteiger partial charge in [0.15, 0.2) is 0 Å². The Kier molecular flexibility index (Phi) is 3.25. The van der Waals surface area contributed by atoms with Crippen molar-refractivity contribution >= 4 is 23.4 Å². The van der Waals surface area contributed by atoms with E-state index in [1.165, 1.54) is 0 Å². The van der Waals surface area contributed by atoms with Crippen molar-refractivity contribution in [2.45, 2.75) is 13.8 Å². The van der Waals surface area contributed by atoms with E-state index < -0.39 is 17.7 Å². The van der Waals surface area contributed by atoms with E-state index in [1.807, 2.05) is 0 Å². The number of H-pyrrole nitrogens is 1. The lowest BCUT2D eigenvalue weighted by Gasteiger charge is -2.13. The molecular formula is C15H14N4O3. The Hall–Kier alpha value is -2.96. The number of carbonyl (C=O) groups excluding carboxylic acids is 3. The van der Waals surface area contributed by atoms with E-state index in [0.717, 1.165) is 4.90 Å². The van der Waals surface area contributed by atoms with Crippen LogP contribution in [0.4, 0.5) is 5.69 Å². The second kappa shape index (κ2) is 5.10. The monoisotopic (exact) mass is 298 g/mol. The maximum Gasteiger partial charge on any atom is 0.262 e. The zero-order valence-corrected chi connectivity index (χ0v) is 12.1. The molecule has 0 bridgehead atoms. The number of carbonyl (C=O) groups is 3. The molecule has 0 saturated heterocycles. The van der Waals surface area contributed by atoms with E-state index in [0.29, 0.717) is 28.2 Å². The number of benzene rings is 1. The van der Waals surface area contributed by atoms with E-state index in [2.05, 4.69) is 15.5 Å². The van der Waals surface area contributed by atoms with Crippen LogP contribution < -0.4 is 5.32 Å². The summed E-state index contributed by atoms with van der Waals surface area (Å²) < 4.78 is 0. The van der Waals surface area contributed by atoms with Crippen molar-refractivity contribution in [1.82, 2.24) is 15.1 Å². The molecule has 1 aliphatic heterocycles. The van der Waals surface area contributed by atoms with Crippen LogP contribution in [0, 0.1) is 13.8 Å². The van der Waals surface area contributed by atoms with Gasteiger partial charge in [0.1, 0.15) is 6.54 Å². The van der Waals surface area contributed by atoms with Crippen LogP contribution in [0.2, 0.25) is 0 Å². The molecule has 112 valence electrons. The minimum absolute atomic E-state index is 0.323. The molecule has 0 fully saturated rings. The second-order valence-electron chi connectivity index (χ2n) is 5.10. The standard InChI is InChI=1S/C15H14N4O3/c1-8-13(9(2)18-17-8)16-12(20)7-19-14(21)10-5-3-4-6-11(10)15(19)22/h3-6H,7H2,1-2H3,(H,16,20)(H,17,18). The number of amides is 3. The van der Waals surface area contributed by atoms with Crippen LogP contribution in [-0.2, 0) is 4.79 Å². The average Bonchev–Trinajstić information content (AvgIpc) is 2.94. The average molecular weight is 298 g/mol. The number of anilines is 1. The summed E-state index contributed by atoms with van der Waals surface area (Å²) >= 11 is 0. The van der Waals surface area contributed by atoms with Crippen molar-refractivity contribution < 1.29 is 14.4 Å². The predicted octanol–water partition coefficient (Wildman–Crippen LogP) is 1.26. The molecule has 7 nitrogen and oxygen atoms in total. The summed E-state index contributed by atoms with van der Waals surface area (Å²) in [5.41, 5.74) is 2.59. The number of hydrogen-bond donors (Lipinski definition) is 2. The third kappa shape index (κ3) is 2.16. The van der Waals surface area contributed by atoms with Gasteiger partial charge in [0.25, 0.3) is 11.8 Å². The highest BCUT2D eigenvalue weighted by atomic mass is 16.2. The van der Waals surface area contributed by atoms with Gasteiger partial charge in [0, 0.05) is 0 Å². The Bertz CT molecular complexity index is 739. The summed E-state index contributed by atoms with van der Waals surface area (Å²) in [6, 6.07) is 6.53. The molecule has 0 saturated carbocycles. The van der Waals surface area contributed by atoms with Gasteiger partial charge in [-0.2, -0.15) is 5.10 Å². The van der Waals surface area contributed by atoms with Gasteiger partial charge in [0.2, 0.25) is 5.91 Å². The zero-order chi connectivity index (χ0) is 15.9. The molecule has 22 heavy (non-hydrogen) atoms. The number of aryl methyl sites for hydroxylation is 2. The molecule has 3 amide bonds. The van der Waals surface area contributed by atoms with Crippen LogP contribution in [-0.4, -0.2) is 39.4 Å². The van der Waals surface area contributed by atoms with Crippen LogP contribution in [0.15, 0.2) is 24.3 Å². The Morgan fingerprint density at radius 3 is 2.27 bits per heavy atom. The highest BCUT2D eigenvalue weighted by Crippen LogP contribution is 2.22. The number of aromatic amines is 1. The van der Waals surface area contributed by atoms with Gasteiger partial charge < -0.3 is 5.32 Å². The summed E-state index contributed by atoms with van der Waals surface area (Å²) in [7, 11) is 0. The third-order valence-corrected chi connectivity index (χ3v) is 3.57. The summed E-state index contributed by atoms with van der Waals surface area (Å²) in [5, 5.41) is 9.41. The van der Waals surface area contributed by atoms with Crippen LogP contribution >= 0.6 is 0 Å². The number of rotatable bonds is 3. The van der Waals surface area contributed by atoms with E-state index in [1.54, 1.807) is 38.1 Å². The fourth-order valence-corrected chi connectivity index (χ4v) is 2.44. The Balaban J connectivity index is 1.76. The van der Waals surface area contributed by atoms with Crippen molar-refractivity contribution in [3.63, 3.8) is 0 Å². The second-order valence-corrected chi connectivity index (χ2v) is 5.10. The van der Waals surface area contributed by atoms with Crippen LogP contribution in [0.5, 0.6) is 0 Å². The molecule has 2 aromatic rings. The smallest absolute Gasteiger partial charge is 0.262 e. The molecule has 0 radical (unpaired) electrons. The molecule has 1 aromatic heterocycles. The van der Waals surface area contributed by atoms with Gasteiger partial charge in [-0.05, 0) is 26.0 Å². The van der Waals surface area contributed by atoms with E-state index in [4.69, 9.17) is 0 Å². The first-order chi connectivity index (χ1) is 10.5. The summed E-state index contributed by atoms with van der Waals surface area (Å²) in [5.74, 6) is -1.34. The van der Waals surface area contributed by atoms with Crippen molar-refractivity contribution in [2.24, 2.45) is 0 Å². The largest absolute Gasteiger partial charge is 0.321 e. The number of imide groups is 1. The number of nitrogens with zero attached hydrogens (tertiary/aromatic N) is 2. The molecule has 1 aromatic carbocycles. The Morgan fingerprint density at radius 1 is 1.18 bits per heavy atom. The maximum atomic E-state index is 12.2. The first-order valence-electron chi connectivity index (χ1n) is 6.75. The summed E-state index contributed by atoms with van der Waals surface area (Å²) in [4.78, 5) is 37.4. The normalized spacial score (nSPS) is 13.5. The lowest BCUT2D eigenvalue weighted by atomic mass is 10.1. The van der Waals surface area contributed by atoms with Gasteiger partial charge in [-0.3, -0.25) is 24.4 Å². The maximum absolute atomic E-state index is 12.2. The fourth-order valence-electron chi connectivity index (χ4n) is 2.44. The molecule has 0 atom stereocenters.